The van der Waals surface area contributed by atoms with E-state index in [1.54, 1.807) is 0 Å². The topological polar surface area (TPSA) is 77.6 Å². The summed E-state index contributed by atoms with van der Waals surface area (Å²) in [7, 11) is 0. The summed E-state index contributed by atoms with van der Waals surface area (Å²) in [4.78, 5) is 35.3. The van der Waals surface area contributed by atoms with Gasteiger partial charge >= 0.3 is 6.18 Å². The Morgan fingerprint density at radius 2 is 1.81 bits per heavy atom. The Labute approximate surface area is 218 Å². The fourth-order valence-electron chi connectivity index (χ4n) is 5.53. The number of benzene rings is 1. The number of carbonyl (C=O) groups excluding carboxylic acids is 2. The van der Waals surface area contributed by atoms with Gasteiger partial charge in [-0.05, 0) is 62.6 Å². The van der Waals surface area contributed by atoms with Crippen molar-refractivity contribution in [3.63, 3.8) is 0 Å². The summed E-state index contributed by atoms with van der Waals surface area (Å²) in [6.45, 7) is 3.53. The normalized spacial score (nSPS) is 23.1. The van der Waals surface area contributed by atoms with Crippen LogP contribution in [-0.4, -0.2) is 66.5 Å². The summed E-state index contributed by atoms with van der Waals surface area (Å²) in [5.41, 5.74) is -1.02. The monoisotopic (exact) mass is 535 g/mol. The van der Waals surface area contributed by atoms with Crippen molar-refractivity contribution in [3.05, 3.63) is 46.5 Å². The molecule has 2 amide bonds. The number of thiazole rings is 1. The number of rotatable bonds is 7. The lowest BCUT2D eigenvalue weighted by Gasteiger charge is -2.46. The highest BCUT2D eigenvalue weighted by Gasteiger charge is 2.36. The average molecular weight is 536 g/mol. The van der Waals surface area contributed by atoms with Crippen LogP contribution in [0.15, 0.2) is 30.5 Å². The number of nitrogens with zero attached hydrogens (tertiary/aromatic N) is 3. The zero-order valence-corrected chi connectivity index (χ0v) is 21.4. The maximum atomic E-state index is 12.8. The molecule has 2 saturated heterocycles. The third-order valence-electron chi connectivity index (χ3n) is 7.64. The van der Waals surface area contributed by atoms with Gasteiger partial charge in [0.15, 0.2) is 5.13 Å². The maximum Gasteiger partial charge on any atom is 0.416 e. The van der Waals surface area contributed by atoms with E-state index < -0.39 is 17.6 Å². The molecule has 1 aromatic heterocycles. The fraction of sp³-hybridized carbons (Fsp3) is 0.577. The molecule has 1 aromatic carbocycles. The van der Waals surface area contributed by atoms with E-state index in [-0.39, 0.29) is 24.1 Å². The Hall–Kier alpha value is -2.66. The van der Waals surface area contributed by atoms with E-state index in [0.29, 0.717) is 12.0 Å². The third kappa shape index (κ3) is 6.26. The Morgan fingerprint density at radius 3 is 2.51 bits per heavy atom. The van der Waals surface area contributed by atoms with Crippen LogP contribution in [0.3, 0.4) is 0 Å². The van der Waals surface area contributed by atoms with Gasteiger partial charge in [-0.3, -0.25) is 14.5 Å². The van der Waals surface area contributed by atoms with Gasteiger partial charge in [0.2, 0.25) is 5.91 Å². The second kappa shape index (κ2) is 11.0. The van der Waals surface area contributed by atoms with Crippen molar-refractivity contribution in [2.45, 2.75) is 62.7 Å². The molecule has 0 bridgehead atoms. The maximum absolute atomic E-state index is 12.8. The van der Waals surface area contributed by atoms with E-state index in [1.807, 2.05) is 11.3 Å². The van der Waals surface area contributed by atoms with Crippen molar-refractivity contribution < 1.29 is 22.8 Å². The van der Waals surface area contributed by atoms with E-state index in [4.69, 9.17) is 0 Å². The minimum Gasteiger partial charge on any atom is -0.349 e. The van der Waals surface area contributed by atoms with E-state index in [2.05, 4.69) is 31.6 Å². The number of halogens is 3. The highest BCUT2D eigenvalue weighted by molar-refractivity contribution is 7.15. The van der Waals surface area contributed by atoms with Crippen molar-refractivity contribution in [2.75, 3.05) is 37.6 Å². The molecule has 200 valence electrons. The van der Waals surface area contributed by atoms with Gasteiger partial charge in [-0.1, -0.05) is 6.07 Å². The molecule has 2 aliphatic heterocycles. The molecule has 3 aliphatic rings. The molecule has 1 aliphatic carbocycles. The Morgan fingerprint density at radius 1 is 1.08 bits per heavy atom. The van der Waals surface area contributed by atoms with Crippen molar-refractivity contribution in [1.29, 1.82) is 0 Å². The number of alkyl halides is 3. The Kier molecular flexibility index (Phi) is 7.71. The van der Waals surface area contributed by atoms with Crippen LogP contribution < -0.4 is 15.5 Å². The second-order valence-electron chi connectivity index (χ2n) is 10.2. The van der Waals surface area contributed by atoms with E-state index in [1.165, 1.54) is 35.0 Å². The van der Waals surface area contributed by atoms with Gasteiger partial charge in [-0.25, -0.2) is 4.98 Å². The lowest BCUT2D eigenvalue weighted by atomic mass is 9.83. The molecule has 37 heavy (non-hydrogen) atoms. The smallest absolute Gasteiger partial charge is 0.349 e. The minimum atomic E-state index is -4.53. The van der Waals surface area contributed by atoms with Crippen LogP contribution in [0.1, 0.15) is 65.2 Å². The predicted octanol–water partition coefficient (Wildman–Crippen LogP) is 4.02. The minimum absolute atomic E-state index is 0.0280. The highest BCUT2D eigenvalue weighted by atomic mass is 32.1. The number of amides is 2. The molecule has 0 radical (unpaired) electrons. The van der Waals surface area contributed by atoms with Crippen molar-refractivity contribution in [1.82, 2.24) is 20.5 Å². The van der Waals surface area contributed by atoms with Crippen LogP contribution in [0.25, 0.3) is 0 Å². The van der Waals surface area contributed by atoms with Crippen LogP contribution in [0.4, 0.5) is 18.3 Å². The lowest BCUT2D eigenvalue weighted by Crippen LogP contribution is -2.63. The molecule has 2 aromatic rings. The van der Waals surface area contributed by atoms with E-state index in [0.717, 1.165) is 64.0 Å². The molecular formula is C26H32F3N5O2S. The zero-order valence-electron chi connectivity index (χ0n) is 20.6. The first kappa shape index (κ1) is 26.0. The van der Waals surface area contributed by atoms with Gasteiger partial charge in [0, 0.05) is 48.9 Å². The third-order valence-corrected chi connectivity index (χ3v) is 8.86. The van der Waals surface area contributed by atoms with Crippen LogP contribution in [0, 0.1) is 0 Å². The first-order chi connectivity index (χ1) is 17.8. The summed E-state index contributed by atoms with van der Waals surface area (Å²) < 4.78 is 38.5. The molecular weight excluding hydrogens is 503 g/mol. The van der Waals surface area contributed by atoms with Crippen molar-refractivity contribution in [2.24, 2.45) is 0 Å². The number of hydrogen-bond acceptors (Lipinski definition) is 6. The predicted molar refractivity (Wildman–Crippen MR) is 136 cm³/mol. The first-order valence-corrected chi connectivity index (χ1v) is 13.8. The standard InChI is InChI=1S/C26H32F3N5O2S/c27-26(28,29)19-5-3-4-18(12-19)24(36)30-14-23(35)32-20-15-34(16-20)21-8-6-17(7-9-21)22-13-31-25(37-22)33-10-1-2-11-33/h3-5,12-13,17,20-21H,1-2,6-11,14-16H2,(H,30,36)(H,32,35). The molecule has 3 fully saturated rings. The lowest BCUT2D eigenvalue weighted by molar-refractivity contribution is -0.137. The second-order valence-corrected chi connectivity index (χ2v) is 11.3. The largest absolute Gasteiger partial charge is 0.416 e. The van der Waals surface area contributed by atoms with Gasteiger partial charge in [-0.15, -0.1) is 11.3 Å². The number of nitrogens with one attached hydrogen (secondary N) is 2. The number of carbonyl (C=O) groups is 2. The molecule has 5 rings (SSSR count). The molecule has 0 atom stereocenters. The van der Waals surface area contributed by atoms with Gasteiger partial charge in [0.1, 0.15) is 0 Å². The molecule has 1 saturated carbocycles. The SMILES string of the molecule is O=C(CNC(=O)c1cccc(C(F)(F)F)c1)NC1CN(C2CCC(c3cnc(N4CCCC4)s3)CC2)C1. The average Bonchev–Trinajstić information content (AvgIpc) is 3.57. The first-order valence-electron chi connectivity index (χ1n) is 13.0. The highest BCUT2D eigenvalue weighted by Crippen LogP contribution is 2.40. The Balaban J connectivity index is 1.00. The summed E-state index contributed by atoms with van der Waals surface area (Å²) in [5, 5.41) is 6.48. The molecule has 0 spiro atoms. The number of aromatic nitrogens is 1. The summed E-state index contributed by atoms with van der Waals surface area (Å²) in [6, 6.07) is 4.71. The summed E-state index contributed by atoms with van der Waals surface area (Å²) in [6.07, 6.45) is 4.64. The van der Waals surface area contributed by atoms with Crippen LogP contribution >= 0.6 is 11.3 Å². The van der Waals surface area contributed by atoms with Gasteiger partial charge in [0.05, 0.1) is 18.2 Å². The van der Waals surface area contributed by atoms with E-state index in [9.17, 15) is 22.8 Å². The Bertz CT molecular complexity index is 1100. The zero-order chi connectivity index (χ0) is 26.0. The van der Waals surface area contributed by atoms with Gasteiger partial charge in [0.25, 0.3) is 5.91 Å². The molecule has 0 unspecified atom stereocenters. The summed E-state index contributed by atoms with van der Waals surface area (Å²) in [5.74, 6) is -0.461. The molecule has 11 heteroatoms. The van der Waals surface area contributed by atoms with Crippen LogP contribution in [-0.2, 0) is 11.0 Å². The van der Waals surface area contributed by atoms with Crippen molar-refractivity contribution in [3.8, 4) is 0 Å². The van der Waals surface area contributed by atoms with Crippen LogP contribution in [0.5, 0.6) is 0 Å². The quantitative estimate of drug-likeness (QED) is 0.560. The number of hydrogen-bond donors (Lipinski definition) is 2. The summed E-state index contributed by atoms with van der Waals surface area (Å²) >= 11 is 1.85. The fourth-order valence-corrected chi connectivity index (χ4v) is 6.66. The molecule has 3 heterocycles. The van der Waals surface area contributed by atoms with Crippen LogP contribution in [0.2, 0.25) is 0 Å². The van der Waals surface area contributed by atoms with Crippen molar-refractivity contribution >= 4 is 28.3 Å². The number of likely N-dealkylation sites (tertiary alicyclic amines) is 1. The number of anilines is 1. The van der Waals surface area contributed by atoms with Gasteiger partial charge in [-0.2, -0.15) is 13.2 Å². The molecule has 2 N–H and O–H groups in total. The van der Waals surface area contributed by atoms with Gasteiger partial charge < -0.3 is 15.5 Å². The van der Waals surface area contributed by atoms with E-state index >= 15 is 0 Å². The molecule has 7 nitrogen and oxygen atoms in total.